The molecule has 1 aliphatic rings. The summed E-state index contributed by atoms with van der Waals surface area (Å²) in [4.78, 5) is 25.7. The van der Waals surface area contributed by atoms with Gasteiger partial charge in [0.2, 0.25) is 5.91 Å². The van der Waals surface area contributed by atoms with Crippen LogP contribution >= 0.6 is 11.6 Å². The van der Waals surface area contributed by atoms with E-state index >= 15 is 0 Å². The van der Waals surface area contributed by atoms with Crippen molar-refractivity contribution in [1.29, 1.82) is 0 Å². The van der Waals surface area contributed by atoms with Gasteiger partial charge in [-0.15, -0.1) is 0 Å². The molecule has 0 atom stereocenters. The van der Waals surface area contributed by atoms with Crippen molar-refractivity contribution < 1.29 is 9.59 Å². The molecule has 6 nitrogen and oxygen atoms in total. The number of amides is 2. The first kappa shape index (κ1) is 19.4. The van der Waals surface area contributed by atoms with Gasteiger partial charge >= 0.3 is 0 Å². The van der Waals surface area contributed by atoms with E-state index in [-0.39, 0.29) is 11.8 Å². The monoisotopic (exact) mass is 388 g/mol. The molecule has 2 aromatic rings. The largest absolute Gasteiger partial charge is 0.354 e. The molecule has 3 rings (SSSR count). The molecular formula is C20H25ClN4O2. The molecule has 1 aromatic heterocycles. The van der Waals surface area contributed by atoms with E-state index in [4.69, 9.17) is 11.6 Å². The number of benzene rings is 1. The van der Waals surface area contributed by atoms with E-state index in [0.717, 1.165) is 24.9 Å². The van der Waals surface area contributed by atoms with Crippen LogP contribution in [0.1, 0.15) is 55.1 Å². The van der Waals surface area contributed by atoms with Crippen LogP contribution in [0.15, 0.2) is 30.5 Å². The van der Waals surface area contributed by atoms with Gasteiger partial charge in [-0.05, 0) is 44.9 Å². The summed E-state index contributed by atoms with van der Waals surface area (Å²) in [6.45, 7) is 4.26. The first-order valence-electron chi connectivity index (χ1n) is 9.38. The summed E-state index contributed by atoms with van der Waals surface area (Å²) in [5.41, 5.74) is 1.12. The standard InChI is InChI=1S/C20H25ClN4O2/c1-3-22-19(27)20(10-5-4-6-11-20)24-18(26)17-13-23-25(14(17)2)16-9-7-8-15(21)12-16/h7-9,12-13H,3-6,10-11H2,1-2H3,(H,22,27)(H,24,26). The summed E-state index contributed by atoms with van der Waals surface area (Å²) in [6, 6.07) is 7.30. The summed E-state index contributed by atoms with van der Waals surface area (Å²) in [5.74, 6) is -0.369. The highest BCUT2D eigenvalue weighted by Gasteiger charge is 2.41. The fourth-order valence-corrected chi connectivity index (χ4v) is 3.86. The van der Waals surface area contributed by atoms with E-state index in [1.54, 1.807) is 23.0 Å². The van der Waals surface area contributed by atoms with Crippen molar-refractivity contribution in [2.24, 2.45) is 0 Å². The van der Waals surface area contributed by atoms with Crippen molar-refractivity contribution in [3.8, 4) is 5.69 Å². The topological polar surface area (TPSA) is 76.0 Å². The van der Waals surface area contributed by atoms with E-state index in [2.05, 4.69) is 15.7 Å². The summed E-state index contributed by atoms with van der Waals surface area (Å²) in [7, 11) is 0. The Morgan fingerprint density at radius 1 is 1.26 bits per heavy atom. The van der Waals surface area contributed by atoms with E-state index in [1.165, 1.54) is 0 Å². The van der Waals surface area contributed by atoms with Crippen LogP contribution in [0.4, 0.5) is 0 Å². The molecule has 0 saturated heterocycles. The Bertz CT molecular complexity index is 840. The van der Waals surface area contributed by atoms with Gasteiger partial charge in [0.1, 0.15) is 5.54 Å². The highest BCUT2D eigenvalue weighted by Crippen LogP contribution is 2.29. The van der Waals surface area contributed by atoms with Gasteiger partial charge in [-0.2, -0.15) is 5.10 Å². The number of carbonyl (C=O) groups excluding carboxylic acids is 2. The Labute approximate surface area is 164 Å². The number of halogens is 1. The van der Waals surface area contributed by atoms with E-state index < -0.39 is 5.54 Å². The Balaban J connectivity index is 1.86. The minimum atomic E-state index is -0.837. The predicted octanol–water partition coefficient (Wildman–Crippen LogP) is 3.40. The highest BCUT2D eigenvalue weighted by atomic mass is 35.5. The Morgan fingerprint density at radius 3 is 2.67 bits per heavy atom. The van der Waals surface area contributed by atoms with Gasteiger partial charge in [0.05, 0.1) is 23.1 Å². The number of hydrogen-bond donors (Lipinski definition) is 2. The van der Waals surface area contributed by atoms with E-state index in [9.17, 15) is 9.59 Å². The Morgan fingerprint density at radius 2 is 2.00 bits per heavy atom. The lowest BCUT2D eigenvalue weighted by Gasteiger charge is -2.36. The average molecular weight is 389 g/mol. The zero-order valence-corrected chi connectivity index (χ0v) is 16.5. The molecule has 0 unspecified atom stereocenters. The van der Waals surface area contributed by atoms with Crippen LogP contribution in [0.5, 0.6) is 0 Å². The molecule has 1 saturated carbocycles. The van der Waals surface area contributed by atoms with Gasteiger partial charge in [-0.1, -0.05) is 36.9 Å². The van der Waals surface area contributed by atoms with Crippen LogP contribution < -0.4 is 10.6 Å². The lowest BCUT2D eigenvalue weighted by Crippen LogP contribution is -2.59. The molecule has 0 radical (unpaired) electrons. The van der Waals surface area contributed by atoms with Crippen LogP contribution in [0.25, 0.3) is 5.69 Å². The lowest BCUT2D eigenvalue weighted by atomic mass is 9.80. The quantitative estimate of drug-likeness (QED) is 0.824. The van der Waals surface area contributed by atoms with E-state index in [0.29, 0.717) is 35.7 Å². The molecular weight excluding hydrogens is 364 g/mol. The zero-order valence-electron chi connectivity index (χ0n) is 15.7. The smallest absolute Gasteiger partial charge is 0.255 e. The van der Waals surface area contributed by atoms with Crippen molar-refractivity contribution in [1.82, 2.24) is 20.4 Å². The van der Waals surface area contributed by atoms with Crippen LogP contribution in [0.3, 0.4) is 0 Å². The maximum absolute atomic E-state index is 13.0. The Kier molecular flexibility index (Phi) is 5.85. The molecule has 1 aliphatic carbocycles. The molecule has 1 fully saturated rings. The van der Waals surface area contributed by atoms with Crippen LogP contribution in [-0.2, 0) is 4.79 Å². The molecule has 2 amide bonds. The maximum Gasteiger partial charge on any atom is 0.255 e. The Hall–Kier alpha value is -2.34. The molecule has 0 bridgehead atoms. The van der Waals surface area contributed by atoms with Crippen molar-refractivity contribution in [3.05, 3.63) is 46.7 Å². The molecule has 144 valence electrons. The molecule has 1 heterocycles. The number of aromatic nitrogens is 2. The van der Waals surface area contributed by atoms with Crippen molar-refractivity contribution >= 4 is 23.4 Å². The minimum absolute atomic E-state index is 0.0991. The third-order valence-electron chi connectivity index (χ3n) is 5.14. The molecule has 27 heavy (non-hydrogen) atoms. The first-order valence-corrected chi connectivity index (χ1v) is 9.76. The van der Waals surface area contributed by atoms with Crippen LogP contribution in [0, 0.1) is 6.92 Å². The lowest BCUT2D eigenvalue weighted by molar-refractivity contribution is -0.128. The van der Waals surface area contributed by atoms with Gasteiger partial charge in [0.25, 0.3) is 5.91 Å². The SMILES string of the molecule is CCNC(=O)C1(NC(=O)c2cnn(-c3cccc(Cl)c3)c2C)CCCCC1. The van der Waals surface area contributed by atoms with Gasteiger partial charge in [-0.25, -0.2) is 4.68 Å². The van der Waals surface area contributed by atoms with Gasteiger partial charge in [0.15, 0.2) is 0 Å². The molecule has 1 aromatic carbocycles. The molecule has 2 N–H and O–H groups in total. The number of likely N-dealkylation sites (N-methyl/N-ethyl adjacent to an activating group) is 1. The fraction of sp³-hybridized carbons (Fsp3) is 0.450. The number of nitrogens with one attached hydrogen (secondary N) is 2. The van der Waals surface area contributed by atoms with Crippen molar-refractivity contribution in [2.45, 2.75) is 51.5 Å². The van der Waals surface area contributed by atoms with Crippen LogP contribution in [-0.4, -0.2) is 33.7 Å². The minimum Gasteiger partial charge on any atom is -0.354 e. The maximum atomic E-state index is 13.0. The van der Waals surface area contributed by atoms with Crippen molar-refractivity contribution in [3.63, 3.8) is 0 Å². The molecule has 0 aliphatic heterocycles. The summed E-state index contributed by atoms with van der Waals surface area (Å²) >= 11 is 6.06. The van der Waals surface area contributed by atoms with Crippen LogP contribution in [0.2, 0.25) is 5.02 Å². The van der Waals surface area contributed by atoms with Gasteiger partial charge < -0.3 is 10.6 Å². The summed E-state index contributed by atoms with van der Waals surface area (Å²) < 4.78 is 1.68. The number of nitrogens with zero attached hydrogens (tertiary/aromatic N) is 2. The first-order chi connectivity index (χ1) is 13.0. The number of carbonyl (C=O) groups is 2. The highest BCUT2D eigenvalue weighted by molar-refractivity contribution is 6.30. The van der Waals surface area contributed by atoms with Crippen molar-refractivity contribution in [2.75, 3.05) is 6.54 Å². The van der Waals surface area contributed by atoms with E-state index in [1.807, 2.05) is 26.0 Å². The zero-order chi connectivity index (χ0) is 19.4. The van der Waals surface area contributed by atoms with Gasteiger partial charge in [-0.3, -0.25) is 9.59 Å². The third-order valence-corrected chi connectivity index (χ3v) is 5.37. The third kappa shape index (κ3) is 4.00. The second-order valence-corrected chi connectivity index (χ2v) is 7.43. The molecule has 0 spiro atoms. The summed E-state index contributed by atoms with van der Waals surface area (Å²) in [5, 5.41) is 10.8. The summed E-state index contributed by atoms with van der Waals surface area (Å²) in [6.07, 6.45) is 5.80. The predicted molar refractivity (Wildman–Crippen MR) is 105 cm³/mol. The fourth-order valence-electron chi connectivity index (χ4n) is 3.68. The second-order valence-electron chi connectivity index (χ2n) is 6.99. The normalized spacial score (nSPS) is 16.0. The number of hydrogen-bond acceptors (Lipinski definition) is 3. The average Bonchev–Trinajstić information content (AvgIpc) is 3.04. The number of rotatable bonds is 5. The van der Waals surface area contributed by atoms with Gasteiger partial charge in [0, 0.05) is 11.6 Å². The second kappa shape index (κ2) is 8.13. The molecule has 7 heteroatoms.